The summed E-state index contributed by atoms with van der Waals surface area (Å²) in [6, 6.07) is 2.43. The predicted molar refractivity (Wildman–Crippen MR) is 188 cm³/mol. The van der Waals surface area contributed by atoms with Gasteiger partial charge in [-0.25, -0.2) is 14.8 Å². The second-order valence-corrected chi connectivity index (χ2v) is 13.4. The summed E-state index contributed by atoms with van der Waals surface area (Å²) in [5.74, 6) is 3.60. The zero-order valence-electron chi connectivity index (χ0n) is 29.0. The molecule has 0 spiro atoms. The molecular formula is C34H56N6O4S. The SMILES string of the molecule is CCCOCN=C(C=C(N)/C(C)=C\C=C(/C)c1nc(CSCCC)cc(N2CCOC[C@H]2CC)n1)CN(C)C(=O)OC(C)(C)C. The molecule has 1 aromatic rings. The Morgan fingerprint density at radius 1 is 1.22 bits per heavy atom. The molecule has 2 N–H and O–H groups in total. The summed E-state index contributed by atoms with van der Waals surface area (Å²) < 4.78 is 16.8. The second-order valence-electron chi connectivity index (χ2n) is 12.2. The van der Waals surface area contributed by atoms with Gasteiger partial charge in [-0.15, -0.1) is 0 Å². The van der Waals surface area contributed by atoms with E-state index in [1.807, 2.05) is 65.5 Å². The minimum Gasteiger partial charge on any atom is -0.444 e. The van der Waals surface area contributed by atoms with Gasteiger partial charge in [0.25, 0.3) is 0 Å². The zero-order chi connectivity index (χ0) is 33.4. The molecule has 2 heterocycles. The van der Waals surface area contributed by atoms with Crippen LogP contribution in [-0.4, -0.2) is 90.8 Å². The first-order chi connectivity index (χ1) is 21.4. The van der Waals surface area contributed by atoms with E-state index in [1.165, 1.54) is 4.90 Å². The van der Waals surface area contributed by atoms with Crippen LogP contribution in [0.3, 0.4) is 0 Å². The van der Waals surface area contributed by atoms with Crippen LogP contribution in [0.4, 0.5) is 10.6 Å². The van der Waals surface area contributed by atoms with E-state index < -0.39 is 11.7 Å². The number of hydrogen-bond acceptors (Lipinski definition) is 10. The van der Waals surface area contributed by atoms with Crippen molar-refractivity contribution in [2.75, 3.05) is 57.3 Å². The number of allylic oxidation sites excluding steroid dienone is 4. The maximum Gasteiger partial charge on any atom is 0.410 e. The van der Waals surface area contributed by atoms with Crippen LogP contribution in [0.1, 0.15) is 86.2 Å². The van der Waals surface area contributed by atoms with E-state index in [9.17, 15) is 4.79 Å². The van der Waals surface area contributed by atoms with E-state index in [0.29, 0.717) is 43.1 Å². The third kappa shape index (κ3) is 14.0. The fraction of sp³-hybridized carbons (Fsp3) is 0.647. The molecule has 1 saturated heterocycles. The van der Waals surface area contributed by atoms with Crippen molar-refractivity contribution in [3.8, 4) is 0 Å². The lowest BCUT2D eigenvalue weighted by Crippen LogP contribution is -2.45. The fourth-order valence-corrected chi connectivity index (χ4v) is 5.13. The highest BCUT2D eigenvalue weighted by Crippen LogP contribution is 2.24. The molecule has 10 nitrogen and oxygen atoms in total. The van der Waals surface area contributed by atoms with Crippen molar-refractivity contribution >= 4 is 35.0 Å². The Balaban J connectivity index is 2.34. The Morgan fingerprint density at radius 3 is 2.64 bits per heavy atom. The van der Waals surface area contributed by atoms with Crippen LogP contribution in [-0.2, 0) is 20.0 Å². The number of ether oxygens (including phenoxy) is 3. The Morgan fingerprint density at radius 2 is 1.98 bits per heavy atom. The molecule has 0 aliphatic carbocycles. The summed E-state index contributed by atoms with van der Waals surface area (Å²) in [7, 11) is 1.68. The molecule has 45 heavy (non-hydrogen) atoms. The maximum atomic E-state index is 12.6. The number of nitrogens with zero attached hydrogens (tertiary/aromatic N) is 5. The molecule has 2 rings (SSSR count). The van der Waals surface area contributed by atoms with E-state index in [0.717, 1.165) is 60.0 Å². The van der Waals surface area contributed by atoms with Crippen molar-refractivity contribution < 1.29 is 19.0 Å². The summed E-state index contributed by atoms with van der Waals surface area (Å²) in [6.45, 7) is 19.2. The second kappa shape index (κ2) is 19.6. The zero-order valence-corrected chi connectivity index (χ0v) is 29.8. The molecule has 0 aromatic carbocycles. The number of rotatable bonds is 16. The summed E-state index contributed by atoms with van der Waals surface area (Å²) in [5.41, 5.74) is 9.91. The van der Waals surface area contributed by atoms with Gasteiger partial charge in [0.2, 0.25) is 0 Å². The molecule has 0 radical (unpaired) electrons. The largest absolute Gasteiger partial charge is 0.444 e. The lowest BCUT2D eigenvalue weighted by Gasteiger charge is -2.36. The van der Waals surface area contributed by atoms with Gasteiger partial charge in [0.15, 0.2) is 5.82 Å². The molecule has 252 valence electrons. The molecule has 0 bridgehead atoms. The van der Waals surface area contributed by atoms with Crippen molar-refractivity contribution in [1.29, 1.82) is 0 Å². The highest BCUT2D eigenvalue weighted by Gasteiger charge is 2.24. The number of morpholine rings is 1. The van der Waals surface area contributed by atoms with Crippen LogP contribution in [0.15, 0.2) is 40.6 Å². The lowest BCUT2D eigenvalue weighted by atomic mass is 10.1. The van der Waals surface area contributed by atoms with Crippen LogP contribution < -0.4 is 10.6 Å². The molecule has 11 heteroatoms. The molecule has 1 fully saturated rings. The fourth-order valence-electron chi connectivity index (χ4n) is 4.34. The van der Waals surface area contributed by atoms with Gasteiger partial charge in [-0.1, -0.05) is 32.9 Å². The average Bonchev–Trinajstić information content (AvgIpc) is 3.00. The first-order valence-corrected chi connectivity index (χ1v) is 17.2. The molecular weight excluding hydrogens is 588 g/mol. The third-order valence-corrected chi connectivity index (χ3v) is 8.08. The minimum absolute atomic E-state index is 0.186. The van der Waals surface area contributed by atoms with Crippen molar-refractivity contribution in [3.63, 3.8) is 0 Å². The molecule has 0 unspecified atom stereocenters. The molecule has 1 aliphatic heterocycles. The summed E-state index contributed by atoms with van der Waals surface area (Å²) >= 11 is 1.89. The van der Waals surface area contributed by atoms with E-state index in [4.69, 9.17) is 29.9 Å². The van der Waals surface area contributed by atoms with Crippen LogP contribution in [0.5, 0.6) is 0 Å². The molecule has 0 saturated carbocycles. The number of anilines is 1. The highest BCUT2D eigenvalue weighted by molar-refractivity contribution is 7.98. The smallest absolute Gasteiger partial charge is 0.410 e. The Bertz CT molecular complexity index is 1210. The van der Waals surface area contributed by atoms with Gasteiger partial charge in [0, 0.05) is 37.7 Å². The molecule has 1 amide bonds. The van der Waals surface area contributed by atoms with Gasteiger partial charge in [0.1, 0.15) is 18.1 Å². The molecule has 1 aromatic heterocycles. The Hall–Kier alpha value is -2.89. The number of hydrogen-bond donors (Lipinski definition) is 1. The number of thioether (sulfide) groups is 1. The summed E-state index contributed by atoms with van der Waals surface area (Å²) in [4.78, 5) is 30.9. The normalized spacial score (nSPS) is 17.1. The van der Waals surface area contributed by atoms with Crippen LogP contribution >= 0.6 is 11.8 Å². The molecule has 1 aliphatic rings. The topological polar surface area (TPSA) is 115 Å². The Kier molecular flexibility index (Phi) is 16.7. The predicted octanol–water partition coefficient (Wildman–Crippen LogP) is 6.62. The van der Waals surface area contributed by atoms with Gasteiger partial charge in [-0.2, -0.15) is 11.8 Å². The number of amides is 1. The van der Waals surface area contributed by atoms with Gasteiger partial charge >= 0.3 is 6.09 Å². The standard InChI is InChI=1S/C34H56N6O4S/c1-10-16-43-24-36-27(21-39(9)33(41)44-34(6,7)8)19-30(35)25(4)13-14-26(5)32-37-28(23-45-18-11-2)20-31(38-32)40-15-17-42-22-29(40)12-3/h13-14,19-20,29H,10-12,15-18,21-24,35H2,1-9H3/b25-13-,26-14+,30-19?,36-27?/t29-/m1/s1. The van der Waals surface area contributed by atoms with E-state index in [1.54, 1.807) is 13.1 Å². The first-order valence-electron chi connectivity index (χ1n) is 16.1. The van der Waals surface area contributed by atoms with Crippen molar-refractivity contribution in [2.45, 2.75) is 92.0 Å². The highest BCUT2D eigenvalue weighted by atomic mass is 32.2. The minimum atomic E-state index is -0.594. The van der Waals surface area contributed by atoms with Crippen molar-refractivity contribution in [3.05, 3.63) is 47.1 Å². The van der Waals surface area contributed by atoms with E-state index >= 15 is 0 Å². The molecule has 1 atom stereocenters. The van der Waals surface area contributed by atoms with Gasteiger partial charge < -0.3 is 29.7 Å². The average molecular weight is 645 g/mol. The number of carbonyl (C=O) groups excluding carboxylic acids is 1. The number of aromatic nitrogens is 2. The van der Waals surface area contributed by atoms with Crippen LogP contribution in [0.25, 0.3) is 5.57 Å². The van der Waals surface area contributed by atoms with Crippen LogP contribution in [0.2, 0.25) is 0 Å². The van der Waals surface area contributed by atoms with Gasteiger partial charge in [0.05, 0.1) is 37.2 Å². The summed E-state index contributed by atoms with van der Waals surface area (Å²) in [5, 5.41) is 0. The third-order valence-electron chi connectivity index (χ3n) is 6.88. The quantitative estimate of drug-likeness (QED) is 0.120. The van der Waals surface area contributed by atoms with Crippen LogP contribution in [0, 0.1) is 0 Å². The monoisotopic (exact) mass is 644 g/mol. The van der Waals surface area contributed by atoms with E-state index in [-0.39, 0.29) is 13.3 Å². The van der Waals surface area contributed by atoms with Crippen molar-refractivity contribution in [1.82, 2.24) is 14.9 Å². The summed E-state index contributed by atoms with van der Waals surface area (Å²) in [6.07, 6.45) is 8.34. The van der Waals surface area contributed by atoms with E-state index in [2.05, 4.69) is 29.8 Å². The number of aliphatic imine (C=N–C) groups is 1. The van der Waals surface area contributed by atoms with Crippen molar-refractivity contribution in [2.24, 2.45) is 10.7 Å². The Labute approximate surface area is 275 Å². The van der Waals surface area contributed by atoms with Gasteiger partial charge in [-0.3, -0.25) is 4.99 Å². The number of carbonyl (C=O) groups is 1. The van der Waals surface area contributed by atoms with Gasteiger partial charge in [-0.05, 0) is 76.9 Å². The lowest BCUT2D eigenvalue weighted by molar-refractivity contribution is 0.0323. The number of nitrogens with two attached hydrogens (primary N) is 1. The first kappa shape index (κ1) is 38.3. The maximum absolute atomic E-state index is 12.6.